The van der Waals surface area contributed by atoms with Gasteiger partial charge in [0.2, 0.25) is 0 Å². The zero-order valence-corrected chi connectivity index (χ0v) is 11.5. The molecule has 1 aromatic heterocycles. The number of ether oxygens (including phenoxy) is 1. The zero-order valence-electron chi connectivity index (χ0n) is 11.5. The smallest absolute Gasteiger partial charge is 0.0558 e. The molecular formula is C15H23N3O. The SMILES string of the molecule is c1nn(CC2CC2)c2c1[C@@H](COCC1CC1)CNC2. The number of hydrogen-bond acceptors (Lipinski definition) is 3. The molecule has 0 bridgehead atoms. The van der Waals surface area contributed by atoms with E-state index in [1.807, 2.05) is 0 Å². The molecule has 1 atom stereocenters. The predicted molar refractivity (Wildman–Crippen MR) is 72.9 cm³/mol. The maximum absolute atomic E-state index is 5.88. The van der Waals surface area contributed by atoms with Crippen LogP contribution in [0.4, 0.5) is 0 Å². The summed E-state index contributed by atoms with van der Waals surface area (Å²) < 4.78 is 8.11. The molecule has 0 spiro atoms. The van der Waals surface area contributed by atoms with Crippen molar-refractivity contribution in [3.63, 3.8) is 0 Å². The molecule has 2 fully saturated rings. The summed E-state index contributed by atoms with van der Waals surface area (Å²) in [5.74, 6) is 2.24. The van der Waals surface area contributed by atoms with Crippen molar-refractivity contribution >= 4 is 0 Å². The lowest BCUT2D eigenvalue weighted by Gasteiger charge is -2.24. The van der Waals surface area contributed by atoms with E-state index in [4.69, 9.17) is 4.74 Å². The van der Waals surface area contributed by atoms with Gasteiger partial charge in [0.1, 0.15) is 0 Å². The van der Waals surface area contributed by atoms with E-state index in [9.17, 15) is 0 Å². The minimum Gasteiger partial charge on any atom is -0.380 e. The van der Waals surface area contributed by atoms with Crippen LogP contribution in [-0.4, -0.2) is 29.5 Å². The van der Waals surface area contributed by atoms with Crippen molar-refractivity contribution in [2.45, 2.75) is 44.7 Å². The topological polar surface area (TPSA) is 39.1 Å². The van der Waals surface area contributed by atoms with Crippen LogP contribution in [0, 0.1) is 11.8 Å². The molecule has 4 heteroatoms. The van der Waals surface area contributed by atoms with E-state index in [1.165, 1.54) is 36.9 Å². The maximum atomic E-state index is 5.88. The maximum Gasteiger partial charge on any atom is 0.0558 e. The van der Waals surface area contributed by atoms with Gasteiger partial charge in [-0.1, -0.05) is 0 Å². The highest BCUT2D eigenvalue weighted by atomic mass is 16.5. The molecule has 19 heavy (non-hydrogen) atoms. The highest BCUT2D eigenvalue weighted by Crippen LogP contribution is 2.33. The molecule has 0 aromatic carbocycles. The largest absolute Gasteiger partial charge is 0.380 e. The van der Waals surface area contributed by atoms with Crippen LogP contribution in [0.15, 0.2) is 6.20 Å². The van der Waals surface area contributed by atoms with Crippen LogP contribution < -0.4 is 5.32 Å². The van der Waals surface area contributed by atoms with Gasteiger partial charge in [-0.2, -0.15) is 5.10 Å². The third-order valence-electron chi connectivity index (χ3n) is 4.60. The summed E-state index contributed by atoms with van der Waals surface area (Å²) in [6.07, 6.45) is 7.59. The van der Waals surface area contributed by atoms with Gasteiger partial charge in [0, 0.05) is 37.7 Å². The number of aromatic nitrogens is 2. The van der Waals surface area contributed by atoms with Crippen LogP contribution in [0.2, 0.25) is 0 Å². The molecule has 3 aliphatic rings. The summed E-state index contributed by atoms with van der Waals surface area (Å²) in [7, 11) is 0. The summed E-state index contributed by atoms with van der Waals surface area (Å²) in [4.78, 5) is 0. The van der Waals surface area contributed by atoms with Crippen molar-refractivity contribution < 1.29 is 4.74 Å². The van der Waals surface area contributed by atoms with Crippen LogP contribution >= 0.6 is 0 Å². The predicted octanol–water partition coefficient (Wildman–Crippen LogP) is 1.91. The Hall–Kier alpha value is -0.870. The standard InChI is InChI=1S/C15H23N3O/c1-2-11(1)8-18-15-7-16-5-13(14(15)6-17-18)10-19-9-12-3-4-12/h6,11-13,16H,1-5,7-10H2/t13-/m1/s1. The van der Waals surface area contributed by atoms with Gasteiger partial charge in [0.15, 0.2) is 0 Å². The van der Waals surface area contributed by atoms with Crippen LogP contribution in [0.25, 0.3) is 0 Å². The Bertz CT molecular complexity index is 448. The van der Waals surface area contributed by atoms with E-state index in [0.29, 0.717) is 5.92 Å². The number of hydrogen-bond donors (Lipinski definition) is 1. The molecule has 1 N–H and O–H groups in total. The fourth-order valence-electron chi connectivity index (χ4n) is 2.95. The van der Waals surface area contributed by atoms with Crippen molar-refractivity contribution in [2.75, 3.05) is 19.8 Å². The Kier molecular flexibility index (Phi) is 3.08. The fourth-order valence-corrected chi connectivity index (χ4v) is 2.95. The first kappa shape index (κ1) is 11.9. The third-order valence-corrected chi connectivity index (χ3v) is 4.60. The molecule has 0 amide bonds. The van der Waals surface area contributed by atoms with Crippen LogP contribution in [0.3, 0.4) is 0 Å². The van der Waals surface area contributed by atoms with Crippen LogP contribution in [-0.2, 0) is 17.8 Å². The first-order chi connectivity index (χ1) is 9.40. The van der Waals surface area contributed by atoms with E-state index in [2.05, 4.69) is 21.3 Å². The molecule has 0 radical (unpaired) electrons. The minimum atomic E-state index is 0.496. The molecule has 1 aromatic rings. The van der Waals surface area contributed by atoms with Gasteiger partial charge in [0.25, 0.3) is 0 Å². The summed E-state index contributed by atoms with van der Waals surface area (Å²) >= 11 is 0. The van der Waals surface area contributed by atoms with Crippen molar-refractivity contribution in [3.05, 3.63) is 17.5 Å². The second-order valence-electron chi connectivity index (χ2n) is 6.48. The fraction of sp³-hybridized carbons (Fsp3) is 0.800. The Morgan fingerprint density at radius 2 is 2.05 bits per heavy atom. The van der Waals surface area contributed by atoms with Gasteiger partial charge in [-0.05, 0) is 37.5 Å². The number of fused-ring (bicyclic) bond motifs is 1. The molecule has 2 saturated carbocycles. The molecule has 2 heterocycles. The van der Waals surface area contributed by atoms with Gasteiger partial charge in [-0.15, -0.1) is 0 Å². The first-order valence-electron chi connectivity index (χ1n) is 7.73. The van der Waals surface area contributed by atoms with Gasteiger partial charge >= 0.3 is 0 Å². The second kappa shape index (κ2) is 4.91. The quantitative estimate of drug-likeness (QED) is 0.850. The lowest BCUT2D eigenvalue weighted by atomic mass is 9.97. The highest BCUT2D eigenvalue weighted by molar-refractivity contribution is 5.26. The van der Waals surface area contributed by atoms with E-state index < -0.39 is 0 Å². The summed E-state index contributed by atoms with van der Waals surface area (Å²) in [6, 6.07) is 0. The lowest BCUT2D eigenvalue weighted by Crippen LogP contribution is -2.31. The first-order valence-corrected chi connectivity index (χ1v) is 7.73. The monoisotopic (exact) mass is 261 g/mol. The van der Waals surface area contributed by atoms with E-state index >= 15 is 0 Å². The Morgan fingerprint density at radius 1 is 1.21 bits per heavy atom. The third kappa shape index (κ3) is 2.70. The van der Waals surface area contributed by atoms with Crippen molar-refractivity contribution in [3.8, 4) is 0 Å². The van der Waals surface area contributed by atoms with E-state index in [1.54, 1.807) is 0 Å². The number of nitrogens with one attached hydrogen (secondary N) is 1. The van der Waals surface area contributed by atoms with Crippen LogP contribution in [0.1, 0.15) is 42.9 Å². The Balaban J connectivity index is 1.41. The van der Waals surface area contributed by atoms with Crippen molar-refractivity contribution in [1.29, 1.82) is 0 Å². The van der Waals surface area contributed by atoms with Gasteiger partial charge in [0.05, 0.1) is 18.5 Å². The van der Waals surface area contributed by atoms with E-state index in [0.717, 1.165) is 44.7 Å². The average molecular weight is 261 g/mol. The highest BCUT2D eigenvalue weighted by Gasteiger charge is 2.28. The van der Waals surface area contributed by atoms with Gasteiger partial charge in [-0.25, -0.2) is 0 Å². The molecule has 1 aliphatic heterocycles. The molecule has 4 nitrogen and oxygen atoms in total. The normalized spacial score (nSPS) is 26.4. The van der Waals surface area contributed by atoms with Crippen LogP contribution in [0.5, 0.6) is 0 Å². The Morgan fingerprint density at radius 3 is 2.84 bits per heavy atom. The minimum absolute atomic E-state index is 0.496. The van der Waals surface area contributed by atoms with Crippen molar-refractivity contribution in [1.82, 2.24) is 15.1 Å². The molecular weight excluding hydrogens is 238 g/mol. The lowest BCUT2D eigenvalue weighted by molar-refractivity contribution is 0.108. The number of rotatable bonds is 6. The average Bonchev–Trinajstić information content (AvgIpc) is 3.32. The zero-order chi connectivity index (χ0) is 12.7. The summed E-state index contributed by atoms with van der Waals surface area (Å²) in [6.45, 7) is 4.94. The molecule has 0 unspecified atom stereocenters. The summed E-state index contributed by atoms with van der Waals surface area (Å²) in [5, 5.41) is 8.13. The van der Waals surface area contributed by atoms with Crippen molar-refractivity contribution in [2.24, 2.45) is 11.8 Å². The second-order valence-corrected chi connectivity index (χ2v) is 6.48. The molecule has 0 saturated heterocycles. The van der Waals surface area contributed by atoms with Gasteiger partial charge < -0.3 is 10.1 Å². The molecule has 4 rings (SSSR count). The molecule has 2 aliphatic carbocycles. The molecule has 104 valence electrons. The van der Waals surface area contributed by atoms with E-state index in [-0.39, 0.29) is 0 Å². The Labute approximate surface area is 114 Å². The van der Waals surface area contributed by atoms with Gasteiger partial charge in [-0.3, -0.25) is 4.68 Å². The summed E-state index contributed by atoms with van der Waals surface area (Å²) in [5.41, 5.74) is 2.83. The number of nitrogens with zero attached hydrogens (tertiary/aromatic N) is 2.